The molecule has 1 aromatic rings. The van der Waals surface area contributed by atoms with Crippen molar-refractivity contribution in [2.24, 2.45) is 0 Å². The summed E-state index contributed by atoms with van der Waals surface area (Å²) in [7, 11) is 0. The minimum atomic E-state index is -0.496. The Morgan fingerprint density at radius 1 is 1.25 bits per heavy atom. The maximum atomic E-state index is 13.8. The van der Waals surface area contributed by atoms with E-state index in [9.17, 15) is 9.18 Å². The van der Waals surface area contributed by atoms with Gasteiger partial charge < -0.3 is 4.90 Å². The minimum Gasteiger partial charge on any atom is -0.337 e. The molecule has 0 saturated carbocycles. The summed E-state index contributed by atoms with van der Waals surface area (Å²) in [5.74, 6) is -0.740. The Hall–Kier alpha value is -1.13. The highest BCUT2D eigenvalue weighted by Gasteiger charge is 2.32. The molecule has 0 radical (unpaired) electrons. The number of halogens is 2. The maximum absolute atomic E-state index is 13.8. The van der Waals surface area contributed by atoms with Crippen molar-refractivity contribution in [3.8, 4) is 0 Å². The fourth-order valence-electron chi connectivity index (χ4n) is 3.16. The van der Waals surface area contributed by atoms with Gasteiger partial charge in [0.2, 0.25) is 0 Å². The minimum absolute atomic E-state index is 0.0829. The standard InChI is InChI=1S/C15H18ClFN2O/c16-11-3-4-14(17)13(9-11)15(20)19-8-5-12(10-19)18-6-1-2-7-18/h3-4,9,12H,1-2,5-8,10H2. The first-order valence-corrected chi connectivity index (χ1v) is 7.51. The zero-order chi connectivity index (χ0) is 14.1. The Labute approximate surface area is 123 Å². The van der Waals surface area contributed by atoms with Gasteiger partial charge in [0.1, 0.15) is 5.82 Å². The van der Waals surface area contributed by atoms with E-state index < -0.39 is 5.82 Å². The molecule has 2 fully saturated rings. The van der Waals surface area contributed by atoms with Gasteiger partial charge >= 0.3 is 0 Å². The van der Waals surface area contributed by atoms with Crippen LogP contribution in [-0.4, -0.2) is 47.9 Å². The topological polar surface area (TPSA) is 23.6 Å². The van der Waals surface area contributed by atoms with E-state index in [-0.39, 0.29) is 11.5 Å². The molecule has 0 N–H and O–H groups in total. The molecule has 2 aliphatic heterocycles. The summed E-state index contributed by atoms with van der Waals surface area (Å²) in [5.41, 5.74) is 0.0829. The summed E-state index contributed by atoms with van der Waals surface area (Å²) >= 11 is 5.85. The van der Waals surface area contributed by atoms with E-state index in [2.05, 4.69) is 4.90 Å². The van der Waals surface area contributed by atoms with Crippen LogP contribution in [0.1, 0.15) is 29.6 Å². The van der Waals surface area contributed by atoms with E-state index in [1.165, 1.54) is 31.0 Å². The normalized spacial score (nSPS) is 23.5. The fourth-order valence-corrected chi connectivity index (χ4v) is 3.33. The van der Waals surface area contributed by atoms with E-state index in [1.54, 1.807) is 4.90 Å². The molecule has 1 unspecified atom stereocenters. The van der Waals surface area contributed by atoms with Crippen LogP contribution in [-0.2, 0) is 0 Å². The number of amides is 1. The first-order valence-electron chi connectivity index (χ1n) is 7.13. The van der Waals surface area contributed by atoms with Crippen molar-refractivity contribution in [2.45, 2.75) is 25.3 Å². The number of carbonyl (C=O) groups excluding carboxylic acids is 1. The third-order valence-electron chi connectivity index (χ3n) is 4.27. The average molecular weight is 297 g/mol. The van der Waals surface area contributed by atoms with E-state index in [0.29, 0.717) is 24.2 Å². The van der Waals surface area contributed by atoms with Crippen LogP contribution in [0.2, 0.25) is 5.02 Å². The van der Waals surface area contributed by atoms with E-state index in [1.807, 2.05) is 0 Å². The molecule has 2 saturated heterocycles. The molecule has 2 heterocycles. The van der Waals surface area contributed by atoms with Gasteiger partial charge in [0.25, 0.3) is 5.91 Å². The number of benzene rings is 1. The van der Waals surface area contributed by atoms with E-state index in [0.717, 1.165) is 19.5 Å². The second kappa shape index (κ2) is 5.70. The number of nitrogens with zero attached hydrogens (tertiary/aromatic N) is 2. The lowest BCUT2D eigenvalue weighted by atomic mass is 10.2. The molecule has 3 nitrogen and oxygen atoms in total. The van der Waals surface area contributed by atoms with Gasteiger partial charge in [0.15, 0.2) is 0 Å². The molecule has 1 aromatic carbocycles. The zero-order valence-corrected chi connectivity index (χ0v) is 12.1. The molecule has 20 heavy (non-hydrogen) atoms. The number of hydrogen-bond donors (Lipinski definition) is 0. The molecular weight excluding hydrogens is 279 g/mol. The molecule has 0 aliphatic carbocycles. The van der Waals surface area contributed by atoms with Gasteiger partial charge in [0, 0.05) is 24.2 Å². The summed E-state index contributed by atoms with van der Waals surface area (Å²) < 4.78 is 13.8. The highest BCUT2D eigenvalue weighted by Crippen LogP contribution is 2.23. The Bertz CT molecular complexity index is 517. The summed E-state index contributed by atoms with van der Waals surface area (Å²) in [6, 6.07) is 4.57. The van der Waals surface area contributed by atoms with Crippen molar-refractivity contribution < 1.29 is 9.18 Å². The molecule has 0 spiro atoms. The number of likely N-dealkylation sites (tertiary alicyclic amines) is 2. The highest BCUT2D eigenvalue weighted by molar-refractivity contribution is 6.31. The molecule has 1 atom stereocenters. The van der Waals surface area contributed by atoms with Crippen LogP contribution < -0.4 is 0 Å². The summed E-state index contributed by atoms with van der Waals surface area (Å²) in [5, 5.41) is 0.394. The quantitative estimate of drug-likeness (QED) is 0.838. The van der Waals surface area contributed by atoms with Gasteiger partial charge in [-0.05, 0) is 50.6 Å². The number of carbonyl (C=O) groups is 1. The highest BCUT2D eigenvalue weighted by atomic mass is 35.5. The third kappa shape index (κ3) is 2.67. The second-order valence-electron chi connectivity index (χ2n) is 5.56. The van der Waals surface area contributed by atoms with Crippen LogP contribution in [0.15, 0.2) is 18.2 Å². The molecule has 5 heteroatoms. The lowest BCUT2D eigenvalue weighted by molar-refractivity contribution is 0.0775. The van der Waals surface area contributed by atoms with Gasteiger partial charge in [-0.25, -0.2) is 4.39 Å². The van der Waals surface area contributed by atoms with Crippen LogP contribution in [0.3, 0.4) is 0 Å². The van der Waals surface area contributed by atoms with Gasteiger partial charge in [-0.1, -0.05) is 11.6 Å². The summed E-state index contributed by atoms with van der Waals surface area (Å²) in [6.07, 6.45) is 3.47. The van der Waals surface area contributed by atoms with Crippen LogP contribution >= 0.6 is 11.6 Å². The first-order chi connectivity index (χ1) is 9.65. The molecular formula is C15H18ClFN2O. The molecule has 2 aliphatic rings. The largest absolute Gasteiger partial charge is 0.337 e. The van der Waals surface area contributed by atoms with Crippen molar-refractivity contribution >= 4 is 17.5 Å². The predicted molar refractivity (Wildman–Crippen MR) is 76.5 cm³/mol. The lowest BCUT2D eigenvalue weighted by Crippen LogP contribution is -2.37. The monoisotopic (exact) mass is 296 g/mol. The smallest absolute Gasteiger partial charge is 0.256 e. The zero-order valence-electron chi connectivity index (χ0n) is 11.3. The summed E-state index contributed by atoms with van der Waals surface area (Å²) in [6.45, 7) is 3.65. The maximum Gasteiger partial charge on any atom is 0.256 e. The van der Waals surface area contributed by atoms with E-state index >= 15 is 0 Å². The Kier molecular flexibility index (Phi) is 3.94. The second-order valence-corrected chi connectivity index (χ2v) is 6.00. The lowest BCUT2D eigenvalue weighted by Gasteiger charge is -2.23. The van der Waals surface area contributed by atoms with E-state index in [4.69, 9.17) is 11.6 Å². The van der Waals surface area contributed by atoms with Crippen LogP contribution in [0, 0.1) is 5.82 Å². The van der Waals surface area contributed by atoms with Crippen molar-refractivity contribution in [2.75, 3.05) is 26.2 Å². The van der Waals surface area contributed by atoms with Crippen molar-refractivity contribution in [1.82, 2.24) is 9.80 Å². The number of rotatable bonds is 2. The fraction of sp³-hybridized carbons (Fsp3) is 0.533. The van der Waals surface area contributed by atoms with Crippen LogP contribution in [0.4, 0.5) is 4.39 Å². The molecule has 1 amide bonds. The van der Waals surface area contributed by atoms with Crippen LogP contribution in [0.5, 0.6) is 0 Å². The molecule has 108 valence electrons. The van der Waals surface area contributed by atoms with Gasteiger partial charge in [-0.3, -0.25) is 9.69 Å². The van der Waals surface area contributed by atoms with Crippen molar-refractivity contribution in [3.05, 3.63) is 34.6 Å². The molecule has 0 aromatic heterocycles. The Balaban J connectivity index is 1.70. The van der Waals surface area contributed by atoms with Gasteiger partial charge in [-0.15, -0.1) is 0 Å². The SMILES string of the molecule is O=C(c1cc(Cl)ccc1F)N1CCC(N2CCCC2)C1. The Morgan fingerprint density at radius 2 is 2.00 bits per heavy atom. The van der Waals surface area contributed by atoms with Gasteiger partial charge in [-0.2, -0.15) is 0 Å². The molecule has 0 bridgehead atoms. The third-order valence-corrected chi connectivity index (χ3v) is 4.50. The summed E-state index contributed by atoms with van der Waals surface area (Å²) in [4.78, 5) is 16.6. The van der Waals surface area contributed by atoms with Crippen molar-refractivity contribution in [1.29, 1.82) is 0 Å². The average Bonchev–Trinajstić information content (AvgIpc) is 3.10. The van der Waals surface area contributed by atoms with Gasteiger partial charge in [0.05, 0.1) is 5.56 Å². The van der Waals surface area contributed by atoms with Crippen LogP contribution in [0.25, 0.3) is 0 Å². The Morgan fingerprint density at radius 3 is 2.75 bits per heavy atom. The number of hydrogen-bond acceptors (Lipinski definition) is 2. The predicted octanol–water partition coefficient (Wildman–Crippen LogP) is 2.79. The first kappa shape index (κ1) is 13.8. The molecule has 3 rings (SSSR count). The van der Waals surface area contributed by atoms with Crippen molar-refractivity contribution in [3.63, 3.8) is 0 Å².